The number of hydrogen-bond donors (Lipinski definition) is 0. The number of aryl methyl sites for hydroxylation is 1. The molecule has 0 amide bonds. The number of aromatic nitrogens is 3. The summed E-state index contributed by atoms with van der Waals surface area (Å²) < 4.78 is 11.0. The summed E-state index contributed by atoms with van der Waals surface area (Å²) in [6.45, 7) is 5.62. The normalized spacial score (nSPS) is 22.2. The standard InChI is InChI=1S/C16H18N6O2/c1-11-19-16(24-20-11)15-10-23-6-5-22(15)12-8-21(9-12)14-3-2-4-18-13(14)7-17/h2-4,12,15H,5-6,8-10H2,1H3. The zero-order valence-electron chi connectivity index (χ0n) is 13.4. The molecule has 0 bridgehead atoms. The number of nitriles is 1. The van der Waals surface area contributed by atoms with Crippen molar-refractivity contribution in [1.29, 1.82) is 5.26 Å². The number of ether oxygens (including phenoxy) is 1. The number of hydrogen-bond acceptors (Lipinski definition) is 8. The molecule has 2 fully saturated rings. The average Bonchev–Trinajstić information content (AvgIpc) is 3.01. The lowest BCUT2D eigenvalue weighted by molar-refractivity contribution is -0.0461. The summed E-state index contributed by atoms with van der Waals surface area (Å²) in [5.74, 6) is 1.25. The topological polar surface area (TPSA) is 91.3 Å². The molecule has 2 aliphatic rings. The Morgan fingerprint density at radius 2 is 2.25 bits per heavy atom. The highest BCUT2D eigenvalue weighted by atomic mass is 16.5. The van der Waals surface area contributed by atoms with Gasteiger partial charge in [-0.2, -0.15) is 10.2 Å². The number of morpholine rings is 1. The first-order valence-electron chi connectivity index (χ1n) is 8.00. The summed E-state index contributed by atoms with van der Waals surface area (Å²) >= 11 is 0. The molecule has 0 saturated carbocycles. The van der Waals surface area contributed by atoms with E-state index >= 15 is 0 Å². The van der Waals surface area contributed by atoms with Gasteiger partial charge in [0.15, 0.2) is 11.5 Å². The van der Waals surface area contributed by atoms with Gasteiger partial charge < -0.3 is 14.2 Å². The third kappa shape index (κ3) is 2.62. The Morgan fingerprint density at radius 3 is 3.00 bits per heavy atom. The van der Waals surface area contributed by atoms with E-state index in [1.54, 1.807) is 6.20 Å². The highest BCUT2D eigenvalue weighted by Crippen LogP contribution is 2.31. The largest absolute Gasteiger partial charge is 0.378 e. The summed E-state index contributed by atoms with van der Waals surface area (Å²) in [6, 6.07) is 6.33. The van der Waals surface area contributed by atoms with Gasteiger partial charge >= 0.3 is 0 Å². The Balaban J connectivity index is 1.48. The third-order valence-electron chi connectivity index (χ3n) is 4.56. The molecule has 4 heterocycles. The molecule has 1 atom stereocenters. The van der Waals surface area contributed by atoms with Crippen LogP contribution in [0.15, 0.2) is 22.9 Å². The molecule has 0 radical (unpaired) electrons. The maximum atomic E-state index is 9.20. The fraction of sp³-hybridized carbons (Fsp3) is 0.500. The van der Waals surface area contributed by atoms with Crippen molar-refractivity contribution in [2.24, 2.45) is 0 Å². The highest BCUT2D eigenvalue weighted by molar-refractivity contribution is 5.57. The molecule has 1 unspecified atom stereocenters. The maximum Gasteiger partial charge on any atom is 0.246 e. The summed E-state index contributed by atoms with van der Waals surface area (Å²) in [5.41, 5.74) is 1.37. The van der Waals surface area contributed by atoms with Crippen molar-refractivity contribution in [1.82, 2.24) is 20.0 Å². The molecular formula is C16H18N6O2. The van der Waals surface area contributed by atoms with Gasteiger partial charge in [-0.25, -0.2) is 4.98 Å². The monoisotopic (exact) mass is 326 g/mol. The van der Waals surface area contributed by atoms with E-state index in [0.29, 0.717) is 36.7 Å². The zero-order valence-corrected chi connectivity index (χ0v) is 13.4. The third-order valence-corrected chi connectivity index (χ3v) is 4.56. The molecule has 2 saturated heterocycles. The van der Waals surface area contributed by atoms with Gasteiger partial charge in [0.1, 0.15) is 12.1 Å². The van der Waals surface area contributed by atoms with Crippen LogP contribution in [0.1, 0.15) is 23.5 Å². The van der Waals surface area contributed by atoms with Crippen molar-refractivity contribution < 1.29 is 9.26 Å². The van der Waals surface area contributed by atoms with E-state index in [9.17, 15) is 5.26 Å². The Hall–Kier alpha value is -2.50. The molecule has 124 valence electrons. The van der Waals surface area contributed by atoms with E-state index in [1.807, 2.05) is 19.1 Å². The second-order valence-electron chi connectivity index (χ2n) is 6.05. The quantitative estimate of drug-likeness (QED) is 0.822. The van der Waals surface area contributed by atoms with Crippen molar-refractivity contribution >= 4 is 5.69 Å². The van der Waals surface area contributed by atoms with Crippen LogP contribution in [-0.4, -0.2) is 58.9 Å². The Bertz CT molecular complexity index is 764. The van der Waals surface area contributed by atoms with Crippen LogP contribution in [0.5, 0.6) is 0 Å². The molecular weight excluding hydrogens is 308 g/mol. The summed E-state index contributed by atoms with van der Waals surface area (Å²) in [5, 5.41) is 13.1. The van der Waals surface area contributed by atoms with E-state index in [0.717, 1.165) is 25.3 Å². The molecule has 0 aliphatic carbocycles. The van der Waals surface area contributed by atoms with Crippen molar-refractivity contribution in [3.05, 3.63) is 35.7 Å². The lowest BCUT2D eigenvalue weighted by atomic mass is 10.0. The van der Waals surface area contributed by atoms with E-state index in [-0.39, 0.29) is 6.04 Å². The lowest BCUT2D eigenvalue weighted by Crippen LogP contribution is -2.62. The maximum absolute atomic E-state index is 9.20. The molecule has 24 heavy (non-hydrogen) atoms. The molecule has 2 aliphatic heterocycles. The van der Waals surface area contributed by atoms with Gasteiger partial charge in [-0.15, -0.1) is 0 Å². The van der Waals surface area contributed by atoms with Gasteiger partial charge in [-0.05, 0) is 19.1 Å². The molecule has 2 aromatic rings. The highest BCUT2D eigenvalue weighted by Gasteiger charge is 2.40. The van der Waals surface area contributed by atoms with Crippen molar-refractivity contribution in [2.45, 2.75) is 19.0 Å². The van der Waals surface area contributed by atoms with Gasteiger partial charge in [0.05, 0.1) is 18.9 Å². The number of pyridine rings is 1. The van der Waals surface area contributed by atoms with Crippen LogP contribution in [0, 0.1) is 18.3 Å². The Morgan fingerprint density at radius 1 is 1.38 bits per heavy atom. The van der Waals surface area contributed by atoms with Gasteiger partial charge in [0, 0.05) is 31.9 Å². The Kier molecular flexibility index (Phi) is 3.88. The molecule has 8 heteroatoms. The number of rotatable bonds is 3. The number of anilines is 1. The second kappa shape index (κ2) is 6.19. The zero-order chi connectivity index (χ0) is 16.5. The van der Waals surface area contributed by atoms with Gasteiger partial charge in [0.25, 0.3) is 0 Å². The minimum Gasteiger partial charge on any atom is -0.378 e. The summed E-state index contributed by atoms with van der Waals surface area (Å²) in [6.07, 6.45) is 1.65. The molecule has 8 nitrogen and oxygen atoms in total. The summed E-state index contributed by atoms with van der Waals surface area (Å²) in [4.78, 5) is 13.0. The minimum absolute atomic E-state index is 0.00330. The smallest absolute Gasteiger partial charge is 0.246 e. The van der Waals surface area contributed by atoms with Crippen LogP contribution in [0.3, 0.4) is 0 Å². The first kappa shape index (κ1) is 15.1. The second-order valence-corrected chi connectivity index (χ2v) is 6.05. The van der Waals surface area contributed by atoms with Crippen LogP contribution in [0.2, 0.25) is 0 Å². The van der Waals surface area contributed by atoms with Crippen LogP contribution < -0.4 is 4.90 Å². The van der Waals surface area contributed by atoms with E-state index < -0.39 is 0 Å². The van der Waals surface area contributed by atoms with Crippen LogP contribution in [0.4, 0.5) is 5.69 Å². The predicted molar refractivity (Wildman–Crippen MR) is 84.3 cm³/mol. The Labute approximate surface area is 139 Å². The molecule has 4 rings (SSSR count). The summed E-state index contributed by atoms with van der Waals surface area (Å²) in [7, 11) is 0. The molecule has 2 aromatic heterocycles. The van der Waals surface area contributed by atoms with E-state index in [1.165, 1.54) is 0 Å². The van der Waals surface area contributed by atoms with E-state index in [4.69, 9.17) is 9.26 Å². The predicted octanol–water partition coefficient (Wildman–Crippen LogP) is 0.907. The SMILES string of the molecule is Cc1noc(C2COCCN2C2CN(c3cccnc3C#N)C2)n1. The fourth-order valence-electron chi connectivity index (χ4n) is 3.32. The van der Waals surface area contributed by atoms with Crippen LogP contribution in [-0.2, 0) is 4.74 Å². The first-order chi connectivity index (χ1) is 11.8. The van der Waals surface area contributed by atoms with Gasteiger partial charge in [-0.1, -0.05) is 5.16 Å². The van der Waals surface area contributed by atoms with Crippen LogP contribution in [0.25, 0.3) is 0 Å². The molecule has 0 spiro atoms. The van der Waals surface area contributed by atoms with E-state index in [2.05, 4.69) is 31.0 Å². The fourth-order valence-corrected chi connectivity index (χ4v) is 3.32. The molecule has 0 aromatic carbocycles. The van der Waals surface area contributed by atoms with Gasteiger partial charge in [0.2, 0.25) is 5.89 Å². The van der Waals surface area contributed by atoms with Crippen LogP contribution >= 0.6 is 0 Å². The van der Waals surface area contributed by atoms with Crippen molar-refractivity contribution in [3.8, 4) is 6.07 Å². The first-order valence-corrected chi connectivity index (χ1v) is 8.00. The minimum atomic E-state index is -0.00330. The van der Waals surface area contributed by atoms with Crippen molar-refractivity contribution in [3.63, 3.8) is 0 Å². The average molecular weight is 326 g/mol. The van der Waals surface area contributed by atoms with Gasteiger partial charge in [-0.3, -0.25) is 4.90 Å². The van der Waals surface area contributed by atoms with Crippen molar-refractivity contribution in [2.75, 3.05) is 37.7 Å². The lowest BCUT2D eigenvalue weighted by Gasteiger charge is -2.49. The number of nitrogens with zero attached hydrogens (tertiary/aromatic N) is 6. The molecule has 0 N–H and O–H groups in total.